The average Bonchev–Trinajstić information content (AvgIpc) is 3.15. The van der Waals surface area contributed by atoms with Gasteiger partial charge in [0.15, 0.2) is 0 Å². The van der Waals surface area contributed by atoms with Crippen molar-refractivity contribution in [1.29, 1.82) is 0 Å². The summed E-state index contributed by atoms with van der Waals surface area (Å²) in [6, 6.07) is 17.3. The third-order valence-electron chi connectivity index (χ3n) is 5.79. The lowest BCUT2D eigenvalue weighted by Gasteiger charge is -2.22. The maximum atomic E-state index is 12.3. The van der Waals surface area contributed by atoms with Crippen molar-refractivity contribution in [2.45, 2.75) is 63.5 Å². The Bertz CT molecular complexity index is 927. The van der Waals surface area contributed by atoms with E-state index in [4.69, 9.17) is 9.84 Å². The van der Waals surface area contributed by atoms with Gasteiger partial charge in [0.1, 0.15) is 11.5 Å². The number of rotatable bonds is 13. The fraction of sp³-hybridized carbons (Fsp3) is 0.407. The van der Waals surface area contributed by atoms with E-state index < -0.39 is 12.1 Å². The maximum absolute atomic E-state index is 12.3. The number of benzene rings is 2. The number of ether oxygens (including phenoxy) is 1. The second kappa shape index (κ2) is 12.8. The number of carboxylic acids is 1. The smallest absolute Gasteiger partial charge is 0.303 e. The number of carboxylic acid groups (broad SMARTS) is 1. The van der Waals surface area contributed by atoms with Gasteiger partial charge in [-0.15, -0.1) is 0 Å². The zero-order valence-electron chi connectivity index (χ0n) is 18.9. The summed E-state index contributed by atoms with van der Waals surface area (Å²) >= 11 is 0. The van der Waals surface area contributed by atoms with Crippen LogP contribution in [0.4, 0.5) is 0 Å². The van der Waals surface area contributed by atoms with E-state index in [0.717, 1.165) is 42.7 Å². The van der Waals surface area contributed by atoms with Crippen molar-refractivity contribution in [2.24, 2.45) is 0 Å². The SMILES string of the molecule is O=C(O)CCCCCCN1C(=O)CCC1/C=C/C(O)Cc1cccc(Oc2ccccc2)c1. The molecule has 2 N–H and O–H groups in total. The first-order valence-electron chi connectivity index (χ1n) is 11.7. The van der Waals surface area contributed by atoms with E-state index >= 15 is 0 Å². The summed E-state index contributed by atoms with van der Waals surface area (Å²) < 4.78 is 5.87. The number of hydrogen-bond acceptors (Lipinski definition) is 4. The predicted octanol–water partition coefficient (Wildman–Crippen LogP) is 4.96. The van der Waals surface area contributed by atoms with Gasteiger partial charge in [0, 0.05) is 25.8 Å². The first-order valence-corrected chi connectivity index (χ1v) is 11.7. The first kappa shape index (κ1) is 24.5. The summed E-state index contributed by atoms with van der Waals surface area (Å²) in [6.07, 6.45) is 8.37. The molecule has 6 heteroatoms. The van der Waals surface area contributed by atoms with Crippen molar-refractivity contribution in [3.05, 3.63) is 72.3 Å². The molecule has 1 saturated heterocycles. The summed E-state index contributed by atoms with van der Waals surface area (Å²) in [5.74, 6) is 0.883. The van der Waals surface area contributed by atoms with Crippen LogP contribution < -0.4 is 4.74 Å². The number of hydrogen-bond donors (Lipinski definition) is 2. The highest BCUT2D eigenvalue weighted by Crippen LogP contribution is 2.23. The molecule has 3 rings (SSSR count). The highest BCUT2D eigenvalue weighted by atomic mass is 16.5. The normalized spacial score (nSPS) is 16.9. The molecule has 0 spiro atoms. The minimum atomic E-state index is -0.760. The Morgan fingerprint density at radius 2 is 1.82 bits per heavy atom. The Kier molecular flexibility index (Phi) is 9.51. The number of unbranched alkanes of at least 4 members (excludes halogenated alkanes) is 3. The Morgan fingerprint density at radius 1 is 1.06 bits per heavy atom. The Labute approximate surface area is 195 Å². The molecule has 0 saturated carbocycles. The van der Waals surface area contributed by atoms with Crippen LogP contribution in [0, 0.1) is 0 Å². The number of nitrogens with zero attached hydrogens (tertiary/aromatic N) is 1. The highest BCUT2D eigenvalue weighted by molar-refractivity contribution is 5.79. The molecule has 2 unspecified atom stereocenters. The Balaban J connectivity index is 1.46. The fourth-order valence-corrected chi connectivity index (χ4v) is 4.08. The molecule has 2 aromatic rings. The van der Waals surface area contributed by atoms with Gasteiger partial charge in [-0.3, -0.25) is 9.59 Å². The third kappa shape index (κ3) is 8.39. The lowest BCUT2D eigenvalue weighted by atomic mass is 10.1. The van der Waals surface area contributed by atoms with Gasteiger partial charge in [0.25, 0.3) is 0 Å². The van der Waals surface area contributed by atoms with E-state index in [1.165, 1.54) is 0 Å². The number of aliphatic hydroxyl groups excluding tert-OH is 1. The second-order valence-corrected chi connectivity index (χ2v) is 8.47. The van der Waals surface area contributed by atoms with E-state index in [0.29, 0.717) is 25.8 Å². The van der Waals surface area contributed by atoms with E-state index in [9.17, 15) is 14.7 Å². The minimum Gasteiger partial charge on any atom is -0.481 e. The van der Waals surface area contributed by atoms with Gasteiger partial charge >= 0.3 is 5.97 Å². The quantitative estimate of drug-likeness (QED) is 0.332. The minimum absolute atomic E-state index is 0.0129. The molecule has 2 aromatic carbocycles. The van der Waals surface area contributed by atoms with Gasteiger partial charge in [0.2, 0.25) is 5.91 Å². The van der Waals surface area contributed by atoms with Crippen molar-refractivity contribution in [1.82, 2.24) is 4.90 Å². The molecule has 1 fully saturated rings. The largest absolute Gasteiger partial charge is 0.481 e. The molecule has 1 heterocycles. The topological polar surface area (TPSA) is 87.1 Å². The number of carbonyl (C=O) groups excluding carboxylic acids is 1. The standard InChI is InChI=1S/C27H33NO5/c29-23(19-21-9-8-12-25(20-21)33-24-10-4-3-5-11-24)16-14-22-15-17-26(30)28(22)18-7-2-1-6-13-27(31)32/h3-5,8-12,14,16,20,22-23,29H,1-2,6-7,13,15,17-19H2,(H,31,32)/b16-14+. The Morgan fingerprint density at radius 3 is 2.61 bits per heavy atom. The van der Waals surface area contributed by atoms with E-state index in [2.05, 4.69) is 0 Å². The van der Waals surface area contributed by atoms with Crippen LogP contribution in [0.3, 0.4) is 0 Å². The van der Waals surface area contributed by atoms with Crippen molar-refractivity contribution >= 4 is 11.9 Å². The zero-order valence-corrected chi connectivity index (χ0v) is 18.9. The van der Waals surface area contributed by atoms with Gasteiger partial charge in [-0.05, 0) is 49.1 Å². The van der Waals surface area contributed by atoms with E-state index in [-0.39, 0.29) is 18.4 Å². The van der Waals surface area contributed by atoms with Crippen LogP contribution in [0.25, 0.3) is 0 Å². The summed E-state index contributed by atoms with van der Waals surface area (Å²) in [5.41, 5.74) is 0.973. The number of para-hydroxylation sites is 1. The van der Waals surface area contributed by atoms with Gasteiger partial charge < -0.3 is 19.8 Å². The number of likely N-dealkylation sites (tertiary alicyclic amines) is 1. The maximum Gasteiger partial charge on any atom is 0.303 e. The summed E-state index contributed by atoms with van der Waals surface area (Å²) in [6.45, 7) is 0.676. The number of carbonyl (C=O) groups is 2. The van der Waals surface area contributed by atoms with Crippen LogP contribution >= 0.6 is 0 Å². The molecular formula is C27H33NO5. The number of aliphatic hydroxyl groups is 1. The molecule has 0 aromatic heterocycles. The molecule has 6 nitrogen and oxygen atoms in total. The molecule has 1 aliphatic rings. The third-order valence-corrected chi connectivity index (χ3v) is 5.79. The summed E-state index contributed by atoms with van der Waals surface area (Å²) in [7, 11) is 0. The monoisotopic (exact) mass is 451 g/mol. The van der Waals surface area contributed by atoms with Crippen LogP contribution in [-0.4, -0.2) is 45.7 Å². The second-order valence-electron chi connectivity index (χ2n) is 8.47. The van der Waals surface area contributed by atoms with Crippen molar-refractivity contribution in [2.75, 3.05) is 6.54 Å². The van der Waals surface area contributed by atoms with Gasteiger partial charge in [-0.1, -0.05) is 55.3 Å². The van der Waals surface area contributed by atoms with Gasteiger partial charge in [0.05, 0.1) is 12.1 Å². The molecule has 33 heavy (non-hydrogen) atoms. The molecule has 0 radical (unpaired) electrons. The fourth-order valence-electron chi connectivity index (χ4n) is 4.08. The molecule has 0 bridgehead atoms. The predicted molar refractivity (Wildman–Crippen MR) is 127 cm³/mol. The summed E-state index contributed by atoms with van der Waals surface area (Å²) in [5, 5.41) is 19.2. The van der Waals surface area contributed by atoms with Crippen molar-refractivity contribution in [3.8, 4) is 11.5 Å². The number of aliphatic carboxylic acids is 1. The van der Waals surface area contributed by atoms with Crippen LogP contribution in [0.1, 0.15) is 50.5 Å². The molecule has 0 aliphatic carbocycles. The van der Waals surface area contributed by atoms with Crippen LogP contribution in [0.15, 0.2) is 66.7 Å². The molecule has 176 valence electrons. The average molecular weight is 452 g/mol. The van der Waals surface area contributed by atoms with Gasteiger partial charge in [-0.25, -0.2) is 0 Å². The zero-order chi connectivity index (χ0) is 23.5. The van der Waals surface area contributed by atoms with E-state index in [1.807, 2.05) is 65.6 Å². The molecule has 1 aliphatic heterocycles. The van der Waals surface area contributed by atoms with Gasteiger partial charge in [-0.2, -0.15) is 0 Å². The first-order chi connectivity index (χ1) is 16.0. The summed E-state index contributed by atoms with van der Waals surface area (Å²) in [4.78, 5) is 24.7. The van der Waals surface area contributed by atoms with Crippen molar-refractivity contribution in [3.63, 3.8) is 0 Å². The van der Waals surface area contributed by atoms with Crippen LogP contribution in [-0.2, 0) is 16.0 Å². The Hall–Kier alpha value is -3.12. The van der Waals surface area contributed by atoms with Crippen LogP contribution in [0.5, 0.6) is 11.5 Å². The van der Waals surface area contributed by atoms with E-state index in [1.54, 1.807) is 6.08 Å². The lowest BCUT2D eigenvalue weighted by Crippen LogP contribution is -2.32. The molecule has 1 amide bonds. The van der Waals surface area contributed by atoms with Crippen molar-refractivity contribution < 1.29 is 24.5 Å². The molecular weight excluding hydrogens is 418 g/mol. The number of amides is 1. The lowest BCUT2D eigenvalue weighted by molar-refractivity contribution is -0.137. The van der Waals surface area contributed by atoms with Crippen LogP contribution in [0.2, 0.25) is 0 Å². The highest BCUT2D eigenvalue weighted by Gasteiger charge is 2.28. The molecule has 2 atom stereocenters.